The summed E-state index contributed by atoms with van der Waals surface area (Å²) in [5.74, 6) is -0.804. The predicted molar refractivity (Wildman–Crippen MR) is 122 cm³/mol. The van der Waals surface area contributed by atoms with Crippen molar-refractivity contribution in [3.8, 4) is 0 Å². The Bertz CT molecular complexity index is 1030. The number of nitrogens with zero attached hydrogens (tertiary/aromatic N) is 3. The van der Waals surface area contributed by atoms with Gasteiger partial charge in [0.1, 0.15) is 18.1 Å². The average molecular weight is 470 g/mol. The van der Waals surface area contributed by atoms with Crippen molar-refractivity contribution in [2.75, 3.05) is 32.5 Å². The molecule has 0 spiro atoms. The fraction of sp³-hybridized carbons (Fsp3) is 0.364. The van der Waals surface area contributed by atoms with Crippen LogP contribution >= 0.6 is 0 Å². The number of hydrogen-bond donors (Lipinski definition) is 3. The van der Waals surface area contributed by atoms with Gasteiger partial charge in [-0.2, -0.15) is 0 Å². The van der Waals surface area contributed by atoms with E-state index in [1.807, 2.05) is 30.3 Å². The lowest BCUT2D eigenvalue weighted by Gasteiger charge is -2.21. The number of nitro groups is 1. The van der Waals surface area contributed by atoms with E-state index >= 15 is 0 Å². The molecule has 0 aliphatic carbocycles. The van der Waals surface area contributed by atoms with Gasteiger partial charge in [0.2, 0.25) is 5.91 Å². The lowest BCUT2D eigenvalue weighted by Crippen LogP contribution is -2.49. The zero-order valence-corrected chi connectivity index (χ0v) is 18.8. The number of anilines is 1. The van der Waals surface area contributed by atoms with Crippen LogP contribution in [0.15, 0.2) is 48.7 Å². The van der Waals surface area contributed by atoms with Crippen molar-refractivity contribution in [1.82, 2.24) is 20.5 Å². The topological polar surface area (TPSA) is 159 Å². The van der Waals surface area contributed by atoms with Crippen LogP contribution in [-0.2, 0) is 25.5 Å². The molecule has 1 aromatic carbocycles. The molecule has 1 saturated heterocycles. The van der Waals surface area contributed by atoms with E-state index < -0.39 is 35.0 Å². The highest BCUT2D eigenvalue weighted by Gasteiger charge is 2.50. The van der Waals surface area contributed by atoms with E-state index in [4.69, 9.17) is 4.74 Å². The summed E-state index contributed by atoms with van der Waals surface area (Å²) in [6.07, 6.45) is -0.439. The van der Waals surface area contributed by atoms with Crippen LogP contribution in [-0.4, -0.2) is 78.0 Å². The smallest absolute Gasteiger partial charge is 0.287 e. The number of amides is 3. The summed E-state index contributed by atoms with van der Waals surface area (Å²) in [5, 5.41) is 18.9. The number of hydrogen-bond acceptors (Lipinski definition) is 8. The third-order valence-electron chi connectivity index (χ3n) is 5.04. The van der Waals surface area contributed by atoms with Gasteiger partial charge in [-0.05, 0) is 11.6 Å². The molecule has 3 N–H and O–H groups in total. The van der Waals surface area contributed by atoms with Gasteiger partial charge in [0.25, 0.3) is 17.5 Å². The molecule has 1 fully saturated rings. The SMILES string of the molecule is CN(C)C(=O)[C@H](Cc1ccccc1)NC(=O)[C@H]1O[C@@H]1C(=O)NCCNc1ccc([N+](=O)[O-])cn1. The second-order valence-corrected chi connectivity index (χ2v) is 7.84. The van der Waals surface area contributed by atoms with E-state index in [1.165, 1.54) is 17.0 Å². The highest BCUT2D eigenvalue weighted by atomic mass is 16.6. The van der Waals surface area contributed by atoms with Crippen LogP contribution < -0.4 is 16.0 Å². The first-order valence-corrected chi connectivity index (χ1v) is 10.6. The fourth-order valence-electron chi connectivity index (χ4n) is 3.20. The summed E-state index contributed by atoms with van der Waals surface area (Å²) in [5.41, 5.74) is 0.774. The number of nitrogens with one attached hydrogen (secondary N) is 3. The first-order chi connectivity index (χ1) is 16.3. The van der Waals surface area contributed by atoms with Crippen LogP contribution in [0.2, 0.25) is 0 Å². The minimum atomic E-state index is -0.961. The molecular weight excluding hydrogens is 444 g/mol. The van der Waals surface area contributed by atoms with E-state index in [2.05, 4.69) is 20.9 Å². The Hall–Kier alpha value is -4.06. The molecule has 1 aliphatic rings. The van der Waals surface area contributed by atoms with Crippen LogP contribution in [0.1, 0.15) is 5.56 Å². The van der Waals surface area contributed by atoms with E-state index in [9.17, 15) is 24.5 Å². The van der Waals surface area contributed by atoms with Crippen molar-refractivity contribution in [3.63, 3.8) is 0 Å². The minimum Gasteiger partial charge on any atom is -0.368 e. The standard InChI is InChI=1S/C22H26N6O6/c1-27(2)22(31)16(12-14-6-4-3-5-7-14)26-21(30)19-18(34-19)20(29)24-11-10-23-17-9-8-15(13-25-17)28(32)33/h3-9,13,16,18-19H,10-12H2,1-2H3,(H,23,25)(H,24,29)(H,26,30)/t16-,18-,19-/m0/s1. The zero-order valence-electron chi connectivity index (χ0n) is 18.8. The molecule has 12 nitrogen and oxygen atoms in total. The highest BCUT2D eigenvalue weighted by Crippen LogP contribution is 2.23. The molecule has 180 valence electrons. The van der Waals surface area contributed by atoms with Crippen LogP contribution in [0.25, 0.3) is 0 Å². The Kier molecular flexibility index (Phi) is 8.09. The summed E-state index contributed by atoms with van der Waals surface area (Å²) in [7, 11) is 3.22. The molecule has 3 rings (SSSR count). The van der Waals surface area contributed by atoms with Crippen molar-refractivity contribution in [3.05, 3.63) is 64.3 Å². The normalized spacial score (nSPS) is 17.2. The lowest BCUT2D eigenvalue weighted by atomic mass is 10.0. The summed E-state index contributed by atoms with van der Waals surface area (Å²) in [6.45, 7) is 0.540. The molecule has 1 aliphatic heterocycles. The van der Waals surface area contributed by atoms with Gasteiger partial charge in [0, 0.05) is 39.7 Å². The van der Waals surface area contributed by atoms with Crippen molar-refractivity contribution < 1.29 is 24.0 Å². The number of ether oxygens (including phenoxy) is 1. The number of pyridine rings is 1. The van der Waals surface area contributed by atoms with Crippen LogP contribution in [0.3, 0.4) is 0 Å². The summed E-state index contributed by atoms with van der Waals surface area (Å²) >= 11 is 0. The maximum Gasteiger partial charge on any atom is 0.287 e. The molecule has 0 unspecified atom stereocenters. The van der Waals surface area contributed by atoms with Crippen LogP contribution in [0.4, 0.5) is 11.5 Å². The molecule has 34 heavy (non-hydrogen) atoms. The molecule has 12 heteroatoms. The summed E-state index contributed by atoms with van der Waals surface area (Å²) in [4.78, 5) is 52.8. The Labute approximate surface area is 195 Å². The third kappa shape index (κ3) is 6.72. The number of likely N-dealkylation sites (N-methyl/N-ethyl adjacent to an activating group) is 1. The van der Waals surface area contributed by atoms with Gasteiger partial charge in [0.05, 0.1) is 4.92 Å². The molecular formula is C22H26N6O6. The van der Waals surface area contributed by atoms with E-state index in [1.54, 1.807) is 14.1 Å². The Morgan fingerprint density at radius 3 is 2.41 bits per heavy atom. The van der Waals surface area contributed by atoms with Gasteiger partial charge < -0.3 is 25.6 Å². The first-order valence-electron chi connectivity index (χ1n) is 10.6. The van der Waals surface area contributed by atoms with E-state index in [0.29, 0.717) is 18.8 Å². The van der Waals surface area contributed by atoms with Gasteiger partial charge in [-0.15, -0.1) is 0 Å². The summed E-state index contributed by atoms with van der Waals surface area (Å²) in [6, 6.07) is 11.3. The quantitative estimate of drug-likeness (QED) is 0.180. The number of aromatic nitrogens is 1. The molecule has 2 heterocycles. The fourth-order valence-corrected chi connectivity index (χ4v) is 3.20. The third-order valence-corrected chi connectivity index (χ3v) is 5.04. The number of carbonyl (C=O) groups is 3. The second-order valence-electron chi connectivity index (χ2n) is 7.84. The molecule has 0 bridgehead atoms. The van der Waals surface area contributed by atoms with Crippen molar-refractivity contribution in [2.45, 2.75) is 24.7 Å². The van der Waals surface area contributed by atoms with Crippen molar-refractivity contribution in [2.24, 2.45) is 0 Å². The Morgan fingerprint density at radius 1 is 1.09 bits per heavy atom. The Balaban J connectivity index is 1.43. The van der Waals surface area contributed by atoms with Crippen LogP contribution in [0.5, 0.6) is 0 Å². The molecule has 0 saturated carbocycles. The maximum atomic E-state index is 12.6. The molecule has 1 aromatic heterocycles. The van der Waals surface area contributed by atoms with Crippen molar-refractivity contribution >= 4 is 29.2 Å². The highest BCUT2D eigenvalue weighted by molar-refractivity contribution is 5.97. The largest absolute Gasteiger partial charge is 0.368 e. The molecule has 2 aromatic rings. The van der Waals surface area contributed by atoms with Gasteiger partial charge in [0.15, 0.2) is 12.2 Å². The van der Waals surface area contributed by atoms with Crippen LogP contribution in [0, 0.1) is 10.1 Å². The average Bonchev–Trinajstić information content (AvgIpc) is 3.63. The number of carbonyl (C=O) groups excluding carboxylic acids is 3. The van der Waals surface area contributed by atoms with E-state index in [-0.39, 0.29) is 18.1 Å². The maximum absolute atomic E-state index is 12.6. The number of epoxide rings is 1. The minimum absolute atomic E-state index is 0.118. The number of rotatable bonds is 11. The van der Waals surface area contributed by atoms with Gasteiger partial charge in [-0.25, -0.2) is 4.98 Å². The molecule has 0 radical (unpaired) electrons. The monoisotopic (exact) mass is 470 g/mol. The Morgan fingerprint density at radius 2 is 1.79 bits per heavy atom. The zero-order chi connectivity index (χ0) is 24.7. The number of benzene rings is 1. The molecule has 3 atom stereocenters. The van der Waals surface area contributed by atoms with Crippen molar-refractivity contribution in [1.29, 1.82) is 0 Å². The van der Waals surface area contributed by atoms with E-state index in [0.717, 1.165) is 11.8 Å². The molecule has 3 amide bonds. The first kappa shape index (κ1) is 24.6. The lowest BCUT2D eigenvalue weighted by molar-refractivity contribution is -0.385. The second kappa shape index (κ2) is 11.2. The predicted octanol–water partition coefficient (Wildman–Crippen LogP) is 0.101. The summed E-state index contributed by atoms with van der Waals surface area (Å²) < 4.78 is 5.24. The van der Waals surface area contributed by atoms with Gasteiger partial charge >= 0.3 is 0 Å². The van der Waals surface area contributed by atoms with Gasteiger partial charge in [-0.3, -0.25) is 24.5 Å². The van der Waals surface area contributed by atoms with Gasteiger partial charge in [-0.1, -0.05) is 30.3 Å².